The maximum Gasteiger partial charge on any atom is 0.249 e. The highest BCUT2D eigenvalue weighted by Crippen LogP contribution is 2.32. The molecular weight excluding hydrogens is 372 g/mol. The number of nitrogens with one attached hydrogen (secondary N) is 1. The summed E-state index contributed by atoms with van der Waals surface area (Å²) in [6.45, 7) is 4.09. The molecule has 4 rings (SSSR count). The van der Waals surface area contributed by atoms with E-state index in [1.807, 2.05) is 49.4 Å². The van der Waals surface area contributed by atoms with Crippen molar-refractivity contribution in [3.8, 4) is 28.1 Å². The number of pyridine rings is 2. The molecule has 0 aliphatic carbocycles. The Hall–Kier alpha value is -3.11. The van der Waals surface area contributed by atoms with Gasteiger partial charge in [0, 0.05) is 22.7 Å². The predicted octanol–water partition coefficient (Wildman–Crippen LogP) is 5.54. The first kappa shape index (κ1) is 18.3. The number of methoxy groups -OCH3 is 1. The molecule has 0 spiro atoms. The van der Waals surface area contributed by atoms with Crippen molar-refractivity contribution < 1.29 is 4.74 Å². The molecule has 1 N–H and O–H groups in total. The highest BCUT2D eigenvalue weighted by Gasteiger charge is 2.12. The van der Waals surface area contributed by atoms with Crippen molar-refractivity contribution in [2.45, 2.75) is 13.8 Å². The molecule has 2 aromatic heterocycles. The summed E-state index contributed by atoms with van der Waals surface area (Å²) in [5.41, 5.74) is 5.99. The van der Waals surface area contributed by atoms with Gasteiger partial charge in [-0.2, -0.15) is 0 Å². The molecule has 0 saturated heterocycles. The number of benzene rings is 2. The topological polar surface area (TPSA) is 55.0 Å². The molecule has 0 atom stereocenters. The zero-order valence-electron chi connectivity index (χ0n) is 15.8. The van der Waals surface area contributed by atoms with Crippen molar-refractivity contribution in [3.63, 3.8) is 0 Å². The number of rotatable bonds is 3. The van der Waals surface area contributed by atoms with Gasteiger partial charge in [-0.3, -0.25) is 4.79 Å². The van der Waals surface area contributed by atoms with Gasteiger partial charge < -0.3 is 9.72 Å². The summed E-state index contributed by atoms with van der Waals surface area (Å²) in [4.78, 5) is 19.8. The van der Waals surface area contributed by atoms with Crippen LogP contribution in [-0.4, -0.2) is 17.1 Å². The summed E-state index contributed by atoms with van der Waals surface area (Å²) in [5, 5.41) is 1.40. The van der Waals surface area contributed by atoms with Gasteiger partial charge in [0.05, 0.1) is 12.6 Å². The lowest BCUT2D eigenvalue weighted by Gasteiger charge is -2.11. The Morgan fingerprint density at radius 2 is 1.71 bits per heavy atom. The molecule has 140 valence electrons. The van der Waals surface area contributed by atoms with Gasteiger partial charge in [-0.1, -0.05) is 17.7 Å². The molecule has 2 aromatic carbocycles. The quantitative estimate of drug-likeness (QED) is 0.467. The monoisotopic (exact) mass is 390 g/mol. The van der Waals surface area contributed by atoms with E-state index in [0.29, 0.717) is 10.8 Å². The Bertz CT molecular complexity index is 1240. The number of fused-ring (bicyclic) bond motifs is 1. The van der Waals surface area contributed by atoms with E-state index in [9.17, 15) is 4.79 Å². The van der Waals surface area contributed by atoms with Crippen LogP contribution in [0.4, 0.5) is 0 Å². The van der Waals surface area contributed by atoms with Gasteiger partial charge in [0.25, 0.3) is 0 Å². The summed E-state index contributed by atoms with van der Waals surface area (Å²) >= 11 is 6.49. The smallest absolute Gasteiger partial charge is 0.249 e. The van der Waals surface area contributed by atoms with Crippen LogP contribution in [0, 0.1) is 13.8 Å². The lowest BCUT2D eigenvalue weighted by molar-refractivity contribution is 0.415. The minimum Gasteiger partial charge on any atom is -0.497 e. The van der Waals surface area contributed by atoms with Crippen molar-refractivity contribution in [2.75, 3.05) is 7.11 Å². The van der Waals surface area contributed by atoms with Gasteiger partial charge in [-0.25, -0.2) is 4.98 Å². The van der Waals surface area contributed by atoms with E-state index in [-0.39, 0.29) is 5.56 Å². The van der Waals surface area contributed by atoms with Crippen LogP contribution in [-0.2, 0) is 0 Å². The van der Waals surface area contributed by atoms with Crippen LogP contribution in [0.15, 0.2) is 59.4 Å². The fraction of sp³-hybridized carbons (Fsp3) is 0.130. The molecule has 2 heterocycles. The number of aromatic amines is 1. The van der Waals surface area contributed by atoms with Crippen molar-refractivity contribution in [3.05, 3.63) is 81.2 Å². The van der Waals surface area contributed by atoms with Crippen LogP contribution >= 0.6 is 11.6 Å². The molecule has 0 bridgehead atoms. The van der Waals surface area contributed by atoms with Crippen molar-refractivity contribution >= 4 is 22.5 Å². The average molecular weight is 391 g/mol. The normalized spacial score (nSPS) is 11.0. The number of halogens is 1. The van der Waals surface area contributed by atoms with Gasteiger partial charge in [0.1, 0.15) is 10.9 Å². The Morgan fingerprint density at radius 1 is 0.964 bits per heavy atom. The van der Waals surface area contributed by atoms with E-state index in [2.05, 4.69) is 23.0 Å². The zero-order valence-corrected chi connectivity index (χ0v) is 16.6. The SMILES string of the molecule is COc1ccc(-c2cc(-c3cc4c(C)cc(C)cc4nc3Cl)cc(=O)[nH]2)cc1. The van der Waals surface area contributed by atoms with Gasteiger partial charge >= 0.3 is 0 Å². The van der Waals surface area contributed by atoms with Crippen LogP contribution in [0.5, 0.6) is 5.75 Å². The molecule has 28 heavy (non-hydrogen) atoms. The molecule has 0 saturated carbocycles. The van der Waals surface area contributed by atoms with E-state index in [1.165, 1.54) is 0 Å². The molecule has 0 unspecified atom stereocenters. The number of aryl methyl sites for hydroxylation is 2. The van der Waals surface area contributed by atoms with Crippen LogP contribution in [0.2, 0.25) is 5.15 Å². The van der Waals surface area contributed by atoms with E-state index < -0.39 is 0 Å². The summed E-state index contributed by atoms with van der Waals surface area (Å²) in [5.74, 6) is 0.759. The number of aromatic nitrogens is 2. The molecule has 4 nitrogen and oxygen atoms in total. The molecule has 0 amide bonds. The standard InChI is InChI=1S/C23H19ClN2O2/c1-13-8-14(2)18-12-19(23(24)26-21(18)9-13)16-10-20(25-22(27)11-16)15-4-6-17(28-3)7-5-15/h4-12H,1-3H3,(H,25,27). The first-order valence-corrected chi connectivity index (χ1v) is 9.29. The van der Waals surface area contributed by atoms with Crippen LogP contribution in [0.25, 0.3) is 33.3 Å². The number of hydrogen-bond acceptors (Lipinski definition) is 3. The molecule has 0 aliphatic heterocycles. The molecular formula is C23H19ClN2O2. The molecule has 5 heteroatoms. The van der Waals surface area contributed by atoms with E-state index in [0.717, 1.165) is 44.5 Å². The summed E-state index contributed by atoms with van der Waals surface area (Å²) in [6.07, 6.45) is 0. The van der Waals surface area contributed by atoms with Gasteiger partial charge in [-0.05, 0) is 78.6 Å². The summed E-state index contributed by atoms with van der Waals surface area (Å²) in [7, 11) is 1.62. The van der Waals surface area contributed by atoms with Crippen LogP contribution in [0.3, 0.4) is 0 Å². The fourth-order valence-corrected chi connectivity index (χ4v) is 3.69. The van der Waals surface area contributed by atoms with Crippen molar-refractivity contribution in [1.29, 1.82) is 0 Å². The third-order valence-electron chi connectivity index (χ3n) is 4.80. The van der Waals surface area contributed by atoms with Crippen molar-refractivity contribution in [1.82, 2.24) is 9.97 Å². The molecule has 4 aromatic rings. The Labute approximate surface area is 167 Å². The van der Waals surface area contributed by atoms with Crippen LogP contribution in [0.1, 0.15) is 11.1 Å². The highest BCUT2D eigenvalue weighted by atomic mass is 35.5. The number of H-pyrrole nitrogens is 1. The summed E-state index contributed by atoms with van der Waals surface area (Å²) in [6, 6.07) is 17.1. The summed E-state index contributed by atoms with van der Waals surface area (Å²) < 4.78 is 5.20. The molecule has 0 fully saturated rings. The van der Waals surface area contributed by atoms with Crippen LogP contribution < -0.4 is 10.3 Å². The second kappa shape index (κ2) is 7.13. The second-order valence-corrected chi connectivity index (χ2v) is 7.21. The van der Waals surface area contributed by atoms with Gasteiger partial charge in [0.2, 0.25) is 5.56 Å². The number of nitrogens with zero attached hydrogens (tertiary/aromatic N) is 1. The largest absolute Gasteiger partial charge is 0.497 e. The fourth-order valence-electron chi connectivity index (χ4n) is 3.43. The predicted molar refractivity (Wildman–Crippen MR) is 114 cm³/mol. The van der Waals surface area contributed by atoms with E-state index in [1.54, 1.807) is 13.2 Å². The van der Waals surface area contributed by atoms with Gasteiger partial charge in [0.15, 0.2) is 0 Å². The van der Waals surface area contributed by atoms with Crippen molar-refractivity contribution in [2.24, 2.45) is 0 Å². The third-order valence-corrected chi connectivity index (χ3v) is 5.08. The molecule has 0 radical (unpaired) electrons. The number of ether oxygens (including phenoxy) is 1. The minimum atomic E-state index is -0.194. The van der Waals surface area contributed by atoms with Gasteiger partial charge in [-0.15, -0.1) is 0 Å². The average Bonchev–Trinajstić information content (AvgIpc) is 2.67. The zero-order chi connectivity index (χ0) is 19.8. The Kier molecular flexibility index (Phi) is 4.65. The maximum absolute atomic E-state index is 12.3. The third kappa shape index (κ3) is 3.39. The Morgan fingerprint density at radius 3 is 2.43 bits per heavy atom. The molecule has 0 aliphatic rings. The Balaban J connectivity index is 1.88. The first-order chi connectivity index (χ1) is 13.4. The first-order valence-electron chi connectivity index (χ1n) is 8.91. The van der Waals surface area contributed by atoms with E-state index in [4.69, 9.17) is 16.3 Å². The number of hydrogen-bond donors (Lipinski definition) is 1. The minimum absolute atomic E-state index is 0.194. The second-order valence-electron chi connectivity index (χ2n) is 6.85. The maximum atomic E-state index is 12.3. The lowest BCUT2D eigenvalue weighted by Crippen LogP contribution is -2.06. The highest BCUT2D eigenvalue weighted by molar-refractivity contribution is 6.32. The lowest BCUT2D eigenvalue weighted by atomic mass is 10.0. The van der Waals surface area contributed by atoms with E-state index >= 15 is 0 Å².